The van der Waals surface area contributed by atoms with Crippen LogP contribution in [0.1, 0.15) is 17.4 Å². The van der Waals surface area contributed by atoms with Crippen molar-refractivity contribution in [2.75, 3.05) is 26.0 Å². The molecule has 1 aromatic heterocycles. The van der Waals surface area contributed by atoms with Gasteiger partial charge in [0.25, 0.3) is 5.91 Å². The Balaban J connectivity index is 2.93. The Morgan fingerprint density at radius 1 is 1.50 bits per heavy atom. The molecule has 6 heteroatoms. The molecule has 0 aromatic carbocycles. The van der Waals surface area contributed by atoms with Crippen molar-refractivity contribution in [2.45, 2.75) is 6.92 Å². The van der Waals surface area contributed by atoms with Crippen LogP contribution in [-0.2, 0) is 0 Å². The molecule has 0 bridgehead atoms. The number of aromatic nitrogens is 1. The number of halogens is 1. The first kappa shape index (κ1) is 12.7. The van der Waals surface area contributed by atoms with E-state index in [1.807, 2.05) is 6.92 Å². The van der Waals surface area contributed by atoms with Gasteiger partial charge in [0.1, 0.15) is 5.82 Å². The fourth-order valence-corrected chi connectivity index (χ4v) is 1.33. The maximum Gasteiger partial charge on any atom is 0.285 e. The molecule has 16 heavy (non-hydrogen) atoms. The second-order valence-electron chi connectivity index (χ2n) is 3.39. The highest BCUT2D eigenvalue weighted by molar-refractivity contribution is 6.33. The number of rotatable bonds is 4. The van der Waals surface area contributed by atoms with Crippen molar-refractivity contribution in [3.63, 3.8) is 0 Å². The lowest BCUT2D eigenvalue weighted by molar-refractivity contribution is 0.0852. The molecule has 0 aliphatic carbocycles. The van der Waals surface area contributed by atoms with E-state index in [-0.39, 0.29) is 11.6 Å². The number of pyridine rings is 1. The van der Waals surface area contributed by atoms with Crippen LogP contribution in [0.2, 0.25) is 5.02 Å². The highest BCUT2D eigenvalue weighted by atomic mass is 35.5. The van der Waals surface area contributed by atoms with E-state index in [4.69, 9.17) is 11.6 Å². The van der Waals surface area contributed by atoms with Crippen LogP contribution in [-0.4, -0.2) is 36.5 Å². The number of carbonyl (C=O) groups is 1. The molecule has 5 nitrogen and oxygen atoms in total. The lowest BCUT2D eigenvalue weighted by Crippen LogP contribution is -2.36. The van der Waals surface area contributed by atoms with E-state index >= 15 is 0 Å². The average molecular weight is 243 g/mol. The van der Waals surface area contributed by atoms with Crippen molar-refractivity contribution in [1.29, 1.82) is 0 Å². The van der Waals surface area contributed by atoms with Crippen molar-refractivity contribution in [3.8, 4) is 0 Å². The summed E-state index contributed by atoms with van der Waals surface area (Å²) in [7, 11) is 3.44. The standard InChI is InChI=1S/C10H15ClN4O/c1-4-12-8-6-5-7(11)9(13-8)10(16)14-15(2)3/h5-6H,4H2,1-3H3,(H,12,13)(H,14,16). The molecule has 0 aliphatic heterocycles. The highest BCUT2D eigenvalue weighted by Gasteiger charge is 2.13. The van der Waals surface area contributed by atoms with Gasteiger partial charge in [-0.05, 0) is 19.1 Å². The number of hydrogen-bond acceptors (Lipinski definition) is 4. The number of hydrogen-bond donors (Lipinski definition) is 2. The van der Waals surface area contributed by atoms with Crippen LogP contribution in [0.25, 0.3) is 0 Å². The topological polar surface area (TPSA) is 57.3 Å². The van der Waals surface area contributed by atoms with Gasteiger partial charge < -0.3 is 5.32 Å². The molecule has 0 saturated carbocycles. The molecular weight excluding hydrogens is 228 g/mol. The van der Waals surface area contributed by atoms with E-state index in [1.165, 1.54) is 0 Å². The molecule has 1 rings (SSSR count). The minimum absolute atomic E-state index is 0.216. The van der Waals surface area contributed by atoms with Crippen LogP contribution < -0.4 is 10.7 Å². The first-order valence-electron chi connectivity index (χ1n) is 4.93. The maximum atomic E-state index is 11.7. The molecule has 2 N–H and O–H groups in total. The predicted octanol–water partition coefficient (Wildman–Crippen LogP) is 1.37. The molecule has 1 heterocycles. The second kappa shape index (κ2) is 5.67. The van der Waals surface area contributed by atoms with Crippen molar-refractivity contribution in [2.24, 2.45) is 0 Å². The largest absolute Gasteiger partial charge is 0.370 e. The van der Waals surface area contributed by atoms with Gasteiger partial charge in [-0.1, -0.05) is 11.6 Å². The van der Waals surface area contributed by atoms with Gasteiger partial charge in [0, 0.05) is 20.6 Å². The number of carbonyl (C=O) groups excluding carboxylic acids is 1. The molecule has 0 atom stereocenters. The van der Waals surface area contributed by atoms with Crippen molar-refractivity contribution in [1.82, 2.24) is 15.4 Å². The SMILES string of the molecule is CCNc1ccc(Cl)c(C(=O)NN(C)C)n1. The number of nitrogens with zero attached hydrogens (tertiary/aromatic N) is 2. The summed E-state index contributed by atoms with van der Waals surface area (Å²) < 4.78 is 0. The Morgan fingerprint density at radius 2 is 2.19 bits per heavy atom. The van der Waals surface area contributed by atoms with Crippen LogP contribution >= 0.6 is 11.6 Å². The van der Waals surface area contributed by atoms with E-state index in [0.29, 0.717) is 10.8 Å². The van der Waals surface area contributed by atoms with Gasteiger partial charge in [-0.15, -0.1) is 0 Å². The average Bonchev–Trinajstić information content (AvgIpc) is 2.20. The summed E-state index contributed by atoms with van der Waals surface area (Å²) in [4.78, 5) is 15.8. The van der Waals surface area contributed by atoms with Gasteiger partial charge in [0.05, 0.1) is 5.02 Å². The zero-order valence-corrected chi connectivity index (χ0v) is 10.3. The summed E-state index contributed by atoms with van der Waals surface area (Å²) in [5.41, 5.74) is 2.81. The third-order valence-corrected chi connectivity index (χ3v) is 2.05. The van der Waals surface area contributed by atoms with E-state index in [1.54, 1.807) is 31.2 Å². The maximum absolute atomic E-state index is 11.7. The lowest BCUT2D eigenvalue weighted by Gasteiger charge is -2.12. The Labute approximate surface area is 99.8 Å². The summed E-state index contributed by atoms with van der Waals surface area (Å²) >= 11 is 5.91. The fourth-order valence-electron chi connectivity index (χ4n) is 1.14. The van der Waals surface area contributed by atoms with E-state index < -0.39 is 0 Å². The quantitative estimate of drug-likeness (QED) is 0.784. The Morgan fingerprint density at radius 3 is 2.75 bits per heavy atom. The number of hydrazine groups is 1. The van der Waals surface area contributed by atoms with Crippen molar-refractivity contribution >= 4 is 23.3 Å². The third kappa shape index (κ3) is 3.36. The number of anilines is 1. The monoisotopic (exact) mass is 242 g/mol. The number of nitrogens with one attached hydrogen (secondary N) is 2. The molecule has 0 radical (unpaired) electrons. The van der Waals surface area contributed by atoms with Gasteiger partial charge in [-0.3, -0.25) is 10.2 Å². The molecule has 1 aromatic rings. The van der Waals surface area contributed by atoms with Crippen LogP contribution in [0.15, 0.2) is 12.1 Å². The van der Waals surface area contributed by atoms with E-state index in [9.17, 15) is 4.79 Å². The van der Waals surface area contributed by atoms with Gasteiger partial charge in [0.15, 0.2) is 5.69 Å². The van der Waals surface area contributed by atoms with Crippen LogP contribution in [0.5, 0.6) is 0 Å². The summed E-state index contributed by atoms with van der Waals surface area (Å²) in [5, 5.41) is 4.90. The fraction of sp³-hybridized carbons (Fsp3) is 0.400. The molecule has 0 aliphatic rings. The van der Waals surface area contributed by atoms with Crippen LogP contribution in [0.3, 0.4) is 0 Å². The van der Waals surface area contributed by atoms with Crippen LogP contribution in [0, 0.1) is 0 Å². The zero-order chi connectivity index (χ0) is 12.1. The first-order chi connectivity index (χ1) is 7.54. The summed E-state index contributed by atoms with van der Waals surface area (Å²) in [6, 6.07) is 3.38. The van der Waals surface area contributed by atoms with Gasteiger partial charge in [-0.2, -0.15) is 0 Å². The number of amides is 1. The molecule has 1 amide bonds. The Kier molecular flexibility index (Phi) is 4.52. The Bertz CT molecular complexity index is 381. The lowest BCUT2D eigenvalue weighted by atomic mass is 10.3. The van der Waals surface area contributed by atoms with Crippen LogP contribution in [0.4, 0.5) is 5.82 Å². The minimum Gasteiger partial charge on any atom is -0.370 e. The molecule has 0 spiro atoms. The van der Waals surface area contributed by atoms with Gasteiger partial charge in [-0.25, -0.2) is 9.99 Å². The van der Waals surface area contributed by atoms with Gasteiger partial charge in [0.2, 0.25) is 0 Å². The molecule has 0 saturated heterocycles. The molecule has 0 fully saturated rings. The first-order valence-corrected chi connectivity index (χ1v) is 5.31. The van der Waals surface area contributed by atoms with Crippen molar-refractivity contribution in [3.05, 3.63) is 22.8 Å². The second-order valence-corrected chi connectivity index (χ2v) is 3.80. The summed E-state index contributed by atoms with van der Waals surface area (Å²) in [6.07, 6.45) is 0. The normalized spacial score (nSPS) is 10.3. The summed E-state index contributed by atoms with van der Waals surface area (Å²) in [6.45, 7) is 2.69. The van der Waals surface area contributed by atoms with E-state index in [2.05, 4.69) is 15.7 Å². The van der Waals surface area contributed by atoms with E-state index in [0.717, 1.165) is 6.54 Å². The predicted molar refractivity (Wildman–Crippen MR) is 64.6 cm³/mol. The minimum atomic E-state index is -0.324. The Hall–Kier alpha value is -1.33. The van der Waals surface area contributed by atoms with Gasteiger partial charge >= 0.3 is 0 Å². The third-order valence-electron chi connectivity index (χ3n) is 1.74. The van der Waals surface area contributed by atoms with Crippen molar-refractivity contribution < 1.29 is 4.79 Å². The highest BCUT2D eigenvalue weighted by Crippen LogP contribution is 2.16. The summed E-state index contributed by atoms with van der Waals surface area (Å²) in [5.74, 6) is 0.311. The molecular formula is C10H15ClN4O. The smallest absolute Gasteiger partial charge is 0.285 e. The molecule has 88 valence electrons. The molecule has 0 unspecified atom stereocenters. The zero-order valence-electron chi connectivity index (χ0n) is 9.54.